The van der Waals surface area contributed by atoms with Gasteiger partial charge in [-0.3, -0.25) is 20.4 Å². The highest BCUT2D eigenvalue weighted by Gasteiger charge is 2.07. The van der Waals surface area contributed by atoms with E-state index < -0.39 is 0 Å². The summed E-state index contributed by atoms with van der Waals surface area (Å²) in [6, 6.07) is 14.6. The Morgan fingerprint density at radius 3 is 2.07 bits per heavy atom. The smallest absolute Gasteiger partial charge is 0.269 e. The first-order chi connectivity index (χ1) is 13.1. The first-order valence-corrected chi connectivity index (χ1v) is 9.16. The number of nitrogens with one attached hydrogen (secondary N) is 2. The van der Waals surface area contributed by atoms with Crippen molar-refractivity contribution < 1.29 is 19.1 Å². The van der Waals surface area contributed by atoms with E-state index in [4.69, 9.17) is 9.47 Å². The molecule has 144 valence electrons. The third-order valence-corrected chi connectivity index (χ3v) is 3.89. The van der Waals surface area contributed by atoms with Gasteiger partial charge >= 0.3 is 0 Å². The van der Waals surface area contributed by atoms with Gasteiger partial charge in [0.25, 0.3) is 5.91 Å². The third kappa shape index (κ3) is 7.01. The van der Waals surface area contributed by atoms with Gasteiger partial charge in [0.05, 0.1) is 13.2 Å². The van der Waals surface area contributed by atoms with Gasteiger partial charge in [0.15, 0.2) is 0 Å². The van der Waals surface area contributed by atoms with Gasteiger partial charge < -0.3 is 9.47 Å². The van der Waals surface area contributed by atoms with E-state index in [-0.39, 0.29) is 18.2 Å². The second-order valence-corrected chi connectivity index (χ2v) is 5.91. The lowest BCUT2D eigenvalue weighted by Gasteiger charge is -2.09. The van der Waals surface area contributed by atoms with E-state index in [9.17, 15) is 9.59 Å². The Hall–Kier alpha value is -3.02. The molecule has 6 heteroatoms. The first-order valence-electron chi connectivity index (χ1n) is 9.16. The van der Waals surface area contributed by atoms with Crippen LogP contribution >= 0.6 is 0 Å². The molecule has 0 aromatic heterocycles. The van der Waals surface area contributed by atoms with Crippen molar-refractivity contribution in [2.24, 2.45) is 0 Å². The van der Waals surface area contributed by atoms with E-state index in [2.05, 4.69) is 17.8 Å². The van der Waals surface area contributed by atoms with Crippen LogP contribution in [0.4, 0.5) is 0 Å². The SMILES string of the molecule is CCOc1ccc(OCCCC(=O)NNC(=O)c2ccc(CC)cc2)cc1. The van der Waals surface area contributed by atoms with Crippen LogP contribution in [-0.2, 0) is 11.2 Å². The number of amides is 2. The summed E-state index contributed by atoms with van der Waals surface area (Å²) in [6.45, 7) is 5.01. The van der Waals surface area contributed by atoms with Gasteiger partial charge in [0.1, 0.15) is 11.5 Å². The fourth-order valence-corrected chi connectivity index (χ4v) is 2.37. The van der Waals surface area contributed by atoms with Gasteiger partial charge in [-0.1, -0.05) is 19.1 Å². The maximum atomic E-state index is 12.0. The average Bonchev–Trinajstić information content (AvgIpc) is 2.71. The van der Waals surface area contributed by atoms with Crippen molar-refractivity contribution in [3.63, 3.8) is 0 Å². The number of rotatable bonds is 9. The minimum absolute atomic E-state index is 0.256. The lowest BCUT2D eigenvalue weighted by molar-refractivity contribution is -0.122. The Morgan fingerprint density at radius 2 is 1.48 bits per heavy atom. The van der Waals surface area contributed by atoms with Gasteiger partial charge in [-0.25, -0.2) is 0 Å². The molecule has 0 fully saturated rings. The van der Waals surface area contributed by atoms with Crippen LogP contribution in [0.15, 0.2) is 48.5 Å². The van der Waals surface area contributed by atoms with Crippen molar-refractivity contribution >= 4 is 11.8 Å². The van der Waals surface area contributed by atoms with Crippen molar-refractivity contribution in [2.75, 3.05) is 13.2 Å². The van der Waals surface area contributed by atoms with Crippen LogP contribution in [0.3, 0.4) is 0 Å². The number of carbonyl (C=O) groups is 2. The quantitative estimate of drug-likeness (QED) is 0.525. The summed E-state index contributed by atoms with van der Waals surface area (Å²) in [7, 11) is 0. The molecule has 2 aromatic carbocycles. The van der Waals surface area contributed by atoms with E-state index in [0.29, 0.717) is 25.2 Å². The Bertz CT molecular complexity index is 727. The molecule has 0 bridgehead atoms. The lowest BCUT2D eigenvalue weighted by atomic mass is 10.1. The maximum absolute atomic E-state index is 12.0. The predicted molar refractivity (Wildman–Crippen MR) is 104 cm³/mol. The number of ether oxygens (including phenoxy) is 2. The van der Waals surface area contributed by atoms with Crippen LogP contribution in [0.2, 0.25) is 0 Å². The standard InChI is InChI=1S/C21H26N2O4/c1-3-16-7-9-17(10-8-16)21(25)23-22-20(24)6-5-15-27-19-13-11-18(12-14-19)26-4-2/h7-14H,3-6,15H2,1-2H3,(H,22,24)(H,23,25). The maximum Gasteiger partial charge on any atom is 0.269 e. The molecule has 0 saturated heterocycles. The summed E-state index contributed by atoms with van der Waals surface area (Å²) in [5.74, 6) is 0.924. The summed E-state index contributed by atoms with van der Waals surface area (Å²) < 4.78 is 10.9. The van der Waals surface area contributed by atoms with Crippen molar-refractivity contribution in [1.29, 1.82) is 0 Å². The van der Waals surface area contributed by atoms with E-state index in [0.717, 1.165) is 23.5 Å². The average molecular weight is 370 g/mol. The molecule has 2 amide bonds. The molecular formula is C21H26N2O4. The first kappa shape index (κ1) is 20.3. The molecule has 2 rings (SSSR count). The molecule has 0 radical (unpaired) electrons. The fraction of sp³-hybridized carbons (Fsp3) is 0.333. The molecule has 0 aliphatic rings. The molecule has 0 aliphatic heterocycles. The van der Waals surface area contributed by atoms with Crippen LogP contribution in [0, 0.1) is 0 Å². The summed E-state index contributed by atoms with van der Waals surface area (Å²) in [6.07, 6.45) is 1.71. The van der Waals surface area contributed by atoms with Crippen LogP contribution in [0.25, 0.3) is 0 Å². The highest BCUT2D eigenvalue weighted by Crippen LogP contribution is 2.17. The van der Waals surface area contributed by atoms with Crippen LogP contribution < -0.4 is 20.3 Å². The highest BCUT2D eigenvalue weighted by molar-refractivity contribution is 5.95. The van der Waals surface area contributed by atoms with Crippen molar-refractivity contribution in [3.8, 4) is 11.5 Å². The van der Waals surface area contributed by atoms with E-state index in [1.807, 2.05) is 43.3 Å². The predicted octanol–water partition coefficient (Wildman–Crippen LogP) is 3.27. The van der Waals surface area contributed by atoms with E-state index >= 15 is 0 Å². The van der Waals surface area contributed by atoms with Crippen LogP contribution in [0.1, 0.15) is 42.6 Å². The molecule has 0 atom stereocenters. The van der Waals surface area contributed by atoms with Gasteiger partial charge in [0.2, 0.25) is 5.91 Å². The second-order valence-electron chi connectivity index (χ2n) is 5.91. The zero-order valence-corrected chi connectivity index (χ0v) is 15.8. The minimum atomic E-state index is -0.336. The van der Waals surface area contributed by atoms with Crippen molar-refractivity contribution in [2.45, 2.75) is 33.1 Å². The Kier molecular flexibility index (Phi) is 8.16. The van der Waals surface area contributed by atoms with Crippen molar-refractivity contribution in [1.82, 2.24) is 10.9 Å². The monoisotopic (exact) mass is 370 g/mol. The Labute approximate surface area is 159 Å². The van der Waals surface area contributed by atoms with E-state index in [1.54, 1.807) is 12.1 Å². The molecule has 0 heterocycles. The third-order valence-electron chi connectivity index (χ3n) is 3.89. The fourth-order valence-electron chi connectivity index (χ4n) is 2.37. The number of carbonyl (C=O) groups excluding carboxylic acids is 2. The van der Waals surface area contributed by atoms with Gasteiger partial charge in [-0.15, -0.1) is 0 Å². The molecule has 2 N–H and O–H groups in total. The van der Waals surface area contributed by atoms with Gasteiger partial charge in [-0.05, 0) is 61.7 Å². The molecule has 0 saturated carbocycles. The largest absolute Gasteiger partial charge is 0.494 e. The summed E-state index contributed by atoms with van der Waals surface area (Å²) in [5, 5.41) is 0. The van der Waals surface area contributed by atoms with Crippen LogP contribution in [-0.4, -0.2) is 25.0 Å². The topological polar surface area (TPSA) is 76.7 Å². The highest BCUT2D eigenvalue weighted by atomic mass is 16.5. The minimum Gasteiger partial charge on any atom is -0.494 e. The Morgan fingerprint density at radius 1 is 0.852 bits per heavy atom. The van der Waals surface area contributed by atoms with Gasteiger partial charge in [0, 0.05) is 12.0 Å². The molecule has 27 heavy (non-hydrogen) atoms. The number of aryl methyl sites for hydroxylation is 1. The normalized spacial score (nSPS) is 10.1. The molecule has 2 aromatic rings. The zero-order valence-electron chi connectivity index (χ0n) is 15.8. The van der Waals surface area contributed by atoms with E-state index in [1.165, 1.54) is 0 Å². The van der Waals surface area contributed by atoms with Crippen LogP contribution in [0.5, 0.6) is 11.5 Å². The lowest BCUT2D eigenvalue weighted by Crippen LogP contribution is -2.41. The number of benzene rings is 2. The van der Waals surface area contributed by atoms with Gasteiger partial charge in [-0.2, -0.15) is 0 Å². The zero-order chi connectivity index (χ0) is 19.5. The molecular weight excluding hydrogens is 344 g/mol. The number of hydrazine groups is 1. The molecule has 6 nitrogen and oxygen atoms in total. The van der Waals surface area contributed by atoms with Crippen molar-refractivity contribution in [3.05, 3.63) is 59.7 Å². The number of hydrogen-bond acceptors (Lipinski definition) is 4. The molecule has 0 spiro atoms. The molecule has 0 aliphatic carbocycles. The Balaban J connectivity index is 1.63. The summed E-state index contributed by atoms with van der Waals surface area (Å²) in [5.41, 5.74) is 6.50. The summed E-state index contributed by atoms with van der Waals surface area (Å²) >= 11 is 0. The molecule has 0 unspecified atom stereocenters. The second kappa shape index (κ2) is 10.9. The number of hydrogen-bond donors (Lipinski definition) is 2. The summed E-state index contributed by atoms with van der Waals surface area (Å²) in [4.78, 5) is 23.8.